The Morgan fingerprint density at radius 1 is 1.40 bits per heavy atom. The van der Waals surface area contributed by atoms with Crippen molar-refractivity contribution in [2.45, 2.75) is 25.6 Å². The summed E-state index contributed by atoms with van der Waals surface area (Å²) in [6.07, 6.45) is -3.95. The van der Waals surface area contributed by atoms with Gasteiger partial charge >= 0.3 is 6.18 Å². The Balaban J connectivity index is 2.27. The maximum Gasteiger partial charge on any atom is 0.416 e. The van der Waals surface area contributed by atoms with E-state index in [9.17, 15) is 13.2 Å². The van der Waals surface area contributed by atoms with E-state index in [2.05, 4.69) is 20.9 Å². The van der Waals surface area contributed by atoms with Gasteiger partial charge in [0.2, 0.25) is 0 Å². The zero-order chi connectivity index (χ0) is 14.9. The molecule has 2 N–H and O–H groups in total. The molecule has 0 aliphatic carbocycles. The Labute approximate surface area is 127 Å². The molecule has 20 heavy (non-hydrogen) atoms. The first-order chi connectivity index (χ1) is 9.27. The molecule has 1 aromatic carbocycles. The summed E-state index contributed by atoms with van der Waals surface area (Å²) in [5, 5.41) is 2.71. The Morgan fingerprint density at radius 2 is 2.10 bits per heavy atom. The van der Waals surface area contributed by atoms with Gasteiger partial charge in [-0.15, -0.1) is 11.3 Å². The highest BCUT2D eigenvalue weighted by Gasteiger charge is 2.31. The van der Waals surface area contributed by atoms with Crippen LogP contribution in [0.15, 0.2) is 28.1 Å². The van der Waals surface area contributed by atoms with Gasteiger partial charge in [0.1, 0.15) is 0 Å². The Bertz CT molecular complexity index is 610. The lowest BCUT2D eigenvalue weighted by molar-refractivity contribution is -0.137. The first-order valence-electron chi connectivity index (χ1n) is 5.80. The zero-order valence-corrected chi connectivity index (χ0v) is 12.9. The van der Waals surface area contributed by atoms with Crippen LogP contribution in [0.4, 0.5) is 13.2 Å². The van der Waals surface area contributed by atoms with Gasteiger partial charge in [-0.25, -0.2) is 4.98 Å². The Morgan fingerprint density at radius 3 is 2.65 bits per heavy atom. The molecule has 0 fully saturated rings. The number of thiazole rings is 1. The van der Waals surface area contributed by atoms with E-state index in [1.54, 1.807) is 0 Å². The van der Waals surface area contributed by atoms with Gasteiger partial charge in [-0.2, -0.15) is 13.2 Å². The van der Waals surface area contributed by atoms with Crippen LogP contribution in [0, 0.1) is 6.92 Å². The van der Waals surface area contributed by atoms with Gasteiger partial charge in [0.15, 0.2) is 0 Å². The lowest BCUT2D eigenvalue weighted by Gasteiger charge is -2.15. The van der Waals surface area contributed by atoms with Crippen LogP contribution in [-0.4, -0.2) is 4.98 Å². The number of hydrogen-bond donors (Lipinski definition) is 1. The minimum Gasteiger partial charge on any atom is -0.324 e. The lowest BCUT2D eigenvalue weighted by Crippen LogP contribution is -2.15. The quantitative estimate of drug-likeness (QED) is 0.872. The highest BCUT2D eigenvalue weighted by atomic mass is 79.9. The number of hydrogen-bond acceptors (Lipinski definition) is 3. The number of halogens is 4. The highest BCUT2D eigenvalue weighted by Crippen LogP contribution is 2.34. The number of aromatic nitrogens is 1. The first kappa shape index (κ1) is 15.5. The molecule has 0 saturated carbocycles. The molecule has 1 heterocycles. The molecule has 2 nitrogen and oxygen atoms in total. The predicted octanol–water partition coefficient (Wildman–Crippen LogP) is 4.48. The number of alkyl halides is 3. The van der Waals surface area contributed by atoms with E-state index in [-0.39, 0.29) is 0 Å². The van der Waals surface area contributed by atoms with E-state index in [4.69, 9.17) is 5.73 Å². The average Bonchev–Trinajstić information content (AvgIpc) is 2.73. The lowest BCUT2D eigenvalue weighted by atomic mass is 10.0. The molecule has 1 aromatic heterocycles. The van der Waals surface area contributed by atoms with E-state index < -0.39 is 17.8 Å². The molecular weight excluding hydrogens is 353 g/mol. The summed E-state index contributed by atoms with van der Waals surface area (Å²) in [5.41, 5.74) is 6.65. The standard InChI is InChI=1S/C13H12BrF3N2S/c1-7-6-20-12(19-7)5-11(18)9-4-8(13(15,16)17)2-3-10(9)14/h2-4,6,11H,5,18H2,1H3. The summed E-state index contributed by atoms with van der Waals surface area (Å²) in [6, 6.07) is 2.98. The van der Waals surface area contributed by atoms with Gasteiger partial charge in [0.05, 0.1) is 10.6 Å². The van der Waals surface area contributed by atoms with Crippen molar-refractivity contribution in [3.63, 3.8) is 0 Å². The van der Waals surface area contributed by atoms with Crippen LogP contribution in [0.2, 0.25) is 0 Å². The normalized spacial score (nSPS) is 13.5. The van der Waals surface area contributed by atoms with E-state index >= 15 is 0 Å². The van der Waals surface area contributed by atoms with Crippen molar-refractivity contribution in [3.8, 4) is 0 Å². The zero-order valence-electron chi connectivity index (χ0n) is 10.5. The number of nitrogens with two attached hydrogens (primary N) is 1. The summed E-state index contributed by atoms with van der Waals surface area (Å²) < 4.78 is 38.8. The molecule has 0 saturated heterocycles. The van der Waals surface area contributed by atoms with Crippen molar-refractivity contribution < 1.29 is 13.2 Å². The molecule has 7 heteroatoms. The monoisotopic (exact) mass is 364 g/mol. The number of rotatable bonds is 3. The van der Waals surface area contributed by atoms with E-state index in [0.29, 0.717) is 16.5 Å². The van der Waals surface area contributed by atoms with Gasteiger partial charge in [-0.1, -0.05) is 15.9 Å². The minimum absolute atomic E-state index is 0.415. The smallest absolute Gasteiger partial charge is 0.324 e. The fourth-order valence-corrected chi connectivity index (χ4v) is 3.17. The third kappa shape index (κ3) is 3.59. The largest absolute Gasteiger partial charge is 0.416 e. The van der Waals surface area contributed by atoms with Crippen LogP contribution in [-0.2, 0) is 12.6 Å². The van der Waals surface area contributed by atoms with Crippen LogP contribution in [0.25, 0.3) is 0 Å². The molecule has 108 valence electrons. The molecule has 0 aliphatic rings. The van der Waals surface area contributed by atoms with Gasteiger partial charge in [0, 0.05) is 28.0 Å². The van der Waals surface area contributed by atoms with Crippen LogP contribution in [0.1, 0.15) is 27.9 Å². The topological polar surface area (TPSA) is 38.9 Å². The van der Waals surface area contributed by atoms with Crippen molar-refractivity contribution in [3.05, 3.63) is 49.9 Å². The molecule has 0 radical (unpaired) electrons. The maximum absolute atomic E-state index is 12.7. The van der Waals surface area contributed by atoms with Gasteiger partial charge < -0.3 is 5.73 Å². The number of benzene rings is 1. The fourth-order valence-electron chi connectivity index (χ4n) is 1.80. The third-order valence-corrected chi connectivity index (χ3v) is 4.50. The fraction of sp³-hybridized carbons (Fsp3) is 0.308. The molecule has 0 aliphatic heterocycles. The summed E-state index contributed by atoms with van der Waals surface area (Å²) >= 11 is 4.71. The molecule has 1 atom stereocenters. The van der Waals surface area contributed by atoms with Crippen molar-refractivity contribution in [2.75, 3.05) is 0 Å². The second kappa shape index (κ2) is 5.83. The number of nitrogens with zero attached hydrogens (tertiary/aromatic N) is 1. The highest BCUT2D eigenvalue weighted by molar-refractivity contribution is 9.10. The SMILES string of the molecule is Cc1csc(CC(N)c2cc(C(F)(F)F)ccc2Br)n1. The number of aryl methyl sites for hydroxylation is 1. The average molecular weight is 365 g/mol. The summed E-state index contributed by atoms with van der Waals surface area (Å²) in [4.78, 5) is 4.28. The molecular formula is C13H12BrF3N2S. The second-order valence-corrected chi connectivity index (χ2v) is 6.22. The molecule has 0 bridgehead atoms. The first-order valence-corrected chi connectivity index (χ1v) is 7.48. The summed E-state index contributed by atoms with van der Waals surface area (Å²) in [7, 11) is 0. The van der Waals surface area contributed by atoms with Crippen molar-refractivity contribution in [1.29, 1.82) is 0 Å². The van der Waals surface area contributed by atoms with E-state index in [0.717, 1.165) is 22.8 Å². The van der Waals surface area contributed by atoms with Crippen LogP contribution in [0.5, 0.6) is 0 Å². The second-order valence-electron chi connectivity index (χ2n) is 4.43. The van der Waals surface area contributed by atoms with Crippen LogP contribution >= 0.6 is 27.3 Å². The maximum atomic E-state index is 12.7. The molecule has 0 spiro atoms. The molecule has 1 unspecified atom stereocenters. The molecule has 2 rings (SSSR count). The van der Waals surface area contributed by atoms with Gasteiger partial charge in [-0.05, 0) is 30.7 Å². The van der Waals surface area contributed by atoms with Gasteiger partial charge in [0.25, 0.3) is 0 Å². The van der Waals surface area contributed by atoms with E-state index in [1.807, 2.05) is 12.3 Å². The predicted molar refractivity (Wildman–Crippen MR) is 76.6 cm³/mol. The van der Waals surface area contributed by atoms with Crippen LogP contribution in [0.3, 0.4) is 0 Å². The Kier molecular flexibility index (Phi) is 4.51. The van der Waals surface area contributed by atoms with E-state index in [1.165, 1.54) is 17.4 Å². The summed E-state index contributed by atoms with van der Waals surface area (Å²) in [5.74, 6) is 0. The third-order valence-electron chi connectivity index (χ3n) is 2.78. The van der Waals surface area contributed by atoms with Crippen molar-refractivity contribution in [1.82, 2.24) is 4.98 Å². The molecule has 0 amide bonds. The minimum atomic E-state index is -4.37. The summed E-state index contributed by atoms with van der Waals surface area (Å²) in [6.45, 7) is 1.87. The molecule has 2 aromatic rings. The van der Waals surface area contributed by atoms with Crippen molar-refractivity contribution >= 4 is 27.3 Å². The van der Waals surface area contributed by atoms with Crippen molar-refractivity contribution in [2.24, 2.45) is 5.73 Å². The van der Waals surface area contributed by atoms with Gasteiger partial charge in [-0.3, -0.25) is 0 Å². The van der Waals surface area contributed by atoms with Crippen LogP contribution < -0.4 is 5.73 Å². The Hall–Kier alpha value is -0.920.